The highest BCUT2D eigenvalue weighted by molar-refractivity contribution is 9.09. The Morgan fingerprint density at radius 1 is 1.50 bits per heavy atom. The number of carbonyl (C=O) groups is 1. The van der Waals surface area contributed by atoms with Crippen molar-refractivity contribution in [3.05, 3.63) is 0 Å². The molecular weight excluding hydrogens is 298 g/mol. The Balaban J connectivity index is 1.74. The van der Waals surface area contributed by atoms with Gasteiger partial charge in [0.15, 0.2) is 0 Å². The number of alkyl halides is 1. The van der Waals surface area contributed by atoms with Gasteiger partial charge in [0.2, 0.25) is 5.91 Å². The zero-order valence-electron chi connectivity index (χ0n) is 10.9. The van der Waals surface area contributed by atoms with Crippen LogP contribution in [0.3, 0.4) is 0 Å². The molecule has 0 bridgehead atoms. The Labute approximate surface area is 117 Å². The maximum Gasteiger partial charge on any atom is 0.223 e. The second-order valence-electron chi connectivity index (χ2n) is 5.09. The maximum atomic E-state index is 12.2. The number of nitrogens with zero attached hydrogens (tertiary/aromatic N) is 1. The van der Waals surface area contributed by atoms with Crippen LogP contribution < -0.4 is 0 Å². The molecule has 1 amide bonds. The van der Waals surface area contributed by atoms with E-state index in [0.717, 1.165) is 31.3 Å². The summed E-state index contributed by atoms with van der Waals surface area (Å²) < 4.78 is 10.9. The quantitative estimate of drug-likeness (QED) is 0.725. The summed E-state index contributed by atoms with van der Waals surface area (Å²) in [5.74, 6) is 0.801. The molecule has 2 aliphatic rings. The van der Waals surface area contributed by atoms with Crippen molar-refractivity contribution < 1.29 is 14.3 Å². The van der Waals surface area contributed by atoms with Crippen molar-refractivity contribution in [1.82, 2.24) is 4.90 Å². The number of carbonyl (C=O) groups excluding carboxylic acids is 1. The van der Waals surface area contributed by atoms with Crippen LogP contribution in [0.15, 0.2) is 0 Å². The van der Waals surface area contributed by atoms with Gasteiger partial charge in [-0.15, -0.1) is 0 Å². The summed E-state index contributed by atoms with van der Waals surface area (Å²) in [6, 6.07) is 0.203. The predicted octanol–water partition coefficient (Wildman–Crippen LogP) is 1.81. The molecule has 1 saturated carbocycles. The smallest absolute Gasteiger partial charge is 0.223 e. The van der Waals surface area contributed by atoms with Gasteiger partial charge < -0.3 is 14.4 Å². The normalized spacial score (nSPS) is 32.1. The number of hydrogen-bond acceptors (Lipinski definition) is 3. The molecular formula is C13H22BrNO3. The van der Waals surface area contributed by atoms with Crippen LogP contribution in [-0.2, 0) is 14.3 Å². The number of amides is 1. The standard InChI is InChI=1S/C13H22BrNO3/c1-2-18-12-5-10(6-12)7-13(16)15-3-4-17-9-11(15)8-14/h10-12H,2-9H2,1H3. The summed E-state index contributed by atoms with van der Waals surface area (Å²) in [6.45, 7) is 4.86. The molecule has 1 unspecified atom stereocenters. The highest BCUT2D eigenvalue weighted by atomic mass is 79.9. The molecule has 0 N–H and O–H groups in total. The van der Waals surface area contributed by atoms with Gasteiger partial charge in [-0.2, -0.15) is 0 Å². The molecule has 104 valence electrons. The number of halogens is 1. The van der Waals surface area contributed by atoms with Gasteiger partial charge in [0.25, 0.3) is 0 Å². The van der Waals surface area contributed by atoms with Crippen LogP contribution in [0, 0.1) is 5.92 Å². The van der Waals surface area contributed by atoms with Crippen molar-refractivity contribution in [2.75, 3.05) is 31.7 Å². The lowest BCUT2D eigenvalue weighted by Gasteiger charge is -2.39. The van der Waals surface area contributed by atoms with Crippen molar-refractivity contribution in [2.45, 2.75) is 38.3 Å². The first-order chi connectivity index (χ1) is 8.74. The largest absolute Gasteiger partial charge is 0.378 e. The van der Waals surface area contributed by atoms with E-state index in [-0.39, 0.29) is 11.9 Å². The van der Waals surface area contributed by atoms with Crippen LogP contribution in [0.2, 0.25) is 0 Å². The van der Waals surface area contributed by atoms with Crippen LogP contribution >= 0.6 is 15.9 Å². The molecule has 1 atom stereocenters. The van der Waals surface area contributed by atoms with Crippen LogP contribution in [0.25, 0.3) is 0 Å². The molecule has 1 aliphatic carbocycles. The van der Waals surface area contributed by atoms with Crippen molar-refractivity contribution in [3.63, 3.8) is 0 Å². The van der Waals surface area contributed by atoms with Gasteiger partial charge in [-0.05, 0) is 25.7 Å². The molecule has 1 heterocycles. The minimum absolute atomic E-state index is 0.203. The van der Waals surface area contributed by atoms with Crippen LogP contribution in [0.1, 0.15) is 26.2 Å². The minimum atomic E-state index is 0.203. The maximum absolute atomic E-state index is 12.2. The van der Waals surface area contributed by atoms with Crippen molar-refractivity contribution in [2.24, 2.45) is 5.92 Å². The first-order valence-electron chi connectivity index (χ1n) is 6.79. The van der Waals surface area contributed by atoms with E-state index in [9.17, 15) is 4.79 Å². The fourth-order valence-corrected chi connectivity index (χ4v) is 3.22. The van der Waals surface area contributed by atoms with E-state index in [4.69, 9.17) is 9.47 Å². The molecule has 1 saturated heterocycles. The van der Waals surface area contributed by atoms with Crippen LogP contribution in [0.4, 0.5) is 0 Å². The third-order valence-electron chi connectivity index (χ3n) is 3.78. The van der Waals surface area contributed by atoms with E-state index in [0.29, 0.717) is 31.7 Å². The molecule has 4 nitrogen and oxygen atoms in total. The van der Waals surface area contributed by atoms with Gasteiger partial charge in [0, 0.05) is 24.9 Å². The third-order valence-corrected chi connectivity index (χ3v) is 4.53. The molecule has 0 aromatic heterocycles. The van der Waals surface area contributed by atoms with Crippen LogP contribution in [0.5, 0.6) is 0 Å². The molecule has 0 spiro atoms. The Morgan fingerprint density at radius 2 is 2.28 bits per heavy atom. The van der Waals surface area contributed by atoms with E-state index >= 15 is 0 Å². The van der Waals surface area contributed by atoms with Gasteiger partial charge in [-0.25, -0.2) is 0 Å². The topological polar surface area (TPSA) is 38.8 Å². The number of hydrogen-bond donors (Lipinski definition) is 0. The van der Waals surface area contributed by atoms with Crippen LogP contribution in [-0.4, -0.2) is 54.6 Å². The molecule has 2 fully saturated rings. The fourth-order valence-electron chi connectivity index (χ4n) is 2.69. The molecule has 0 aromatic carbocycles. The van der Waals surface area contributed by atoms with E-state index in [1.54, 1.807) is 0 Å². The minimum Gasteiger partial charge on any atom is -0.378 e. The first kappa shape index (κ1) is 14.3. The Morgan fingerprint density at radius 3 is 2.94 bits per heavy atom. The average Bonchev–Trinajstić information content (AvgIpc) is 2.36. The Hall–Kier alpha value is -0.130. The summed E-state index contributed by atoms with van der Waals surface area (Å²) in [5, 5.41) is 0.797. The van der Waals surface area contributed by atoms with Gasteiger partial charge >= 0.3 is 0 Å². The summed E-state index contributed by atoms with van der Waals surface area (Å²) in [6.07, 6.45) is 3.16. The van der Waals surface area contributed by atoms with Gasteiger partial charge in [0.1, 0.15) is 0 Å². The molecule has 2 rings (SSSR count). The number of morpholine rings is 1. The van der Waals surface area contributed by atoms with E-state index in [1.807, 2.05) is 11.8 Å². The Kier molecular flexibility index (Phi) is 5.45. The highest BCUT2D eigenvalue weighted by Crippen LogP contribution is 2.33. The van der Waals surface area contributed by atoms with Gasteiger partial charge in [0.05, 0.1) is 25.4 Å². The average molecular weight is 320 g/mol. The van der Waals surface area contributed by atoms with Gasteiger partial charge in [-0.1, -0.05) is 15.9 Å². The monoisotopic (exact) mass is 319 g/mol. The predicted molar refractivity (Wildman–Crippen MR) is 72.9 cm³/mol. The second-order valence-corrected chi connectivity index (χ2v) is 5.74. The van der Waals surface area contributed by atoms with Crippen molar-refractivity contribution >= 4 is 21.8 Å². The van der Waals surface area contributed by atoms with E-state index < -0.39 is 0 Å². The molecule has 18 heavy (non-hydrogen) atoms. The molecule has 0 aromatic rings. The lowest BCUT2D eigenvalue weighted by Crippen LogP contribution is -2.50. The fraction of sp³-hybridized carbons (Fsp3) is 0.923. The van der Waals surface area contributed by atoms with E-state index in [2.05, 4.69) is 15.9 Å². The SMILES string of the molecule is CCOC1CC(CC(=O)N2CCOCC2CBr)C1. The zero-order chi connectivity index (χ0) is 13.0. The van der Waals surface area contributed by atoms with Gasteiger partial charge in [-0.3, -0.25) is 4.79 Å². The summed E-state index contributed by atoms with van der Waals surface area (Å²) >= 11 is 3.45. The van der Waals surface area contributed by atoms with E-state index in [1.165, 1.54) is 0 Å². The number of ether oxygens (including phenoxy) is 2. The zero-order valence-corrected chi connectivity index (χ0v) is 12.5. The number of rotatable bonds is 5. The lowest BCUT2D eigenvalue weighted by molar-refractivity contribution is -0.142. The first-order valence-corrected chi connectivity index (χ1v) is 7.91. The molecule has 1 aliphatic heterocycles. The lowest BCUT2D eigenvalue weighted by atomic mass is 9.79. The second kappa shape index (κ2) is 6.87. The molecule has 0 radical (unpaired) electrons. The van der Waals surface area contributed by atoms with Crippen molar-refractivity contribution in [1.29, 1.82) is 0 Å². The molecule has 5 heteroatoms. The summed E-state index contributed by atoms with van der Waals surface area (Å²) in [7, 11) is 0. The Bertz CT molecular complexity index is 281. The summed E-state index contributed by atoms with van der Waals surface area (Å²) in [4.78, 5) is 14.2. The van der Waals surface area contributed by atoms with Crippen molar-refractivity contribution in [3.8, 4) is 0 Å². The summed E-state index contributed by atoms with van der Waals surface area (Å²) in [5.41, 5.74) is 0. The highest BCUT2D eigenvalue weighted by Gasteiger charge is 2.34. The third kappa shape index (κ3) is 3.45.